The van der Waals surface area contributed by atoms with E-state index in [1.54, 1.807) is 0 Å². The molecule has 120 valence electrons. The van der Waals surface area contributed by atoms with Crippen LogP contribution in [-0.2, 0) is 14.3 Å². The zero-order valence-electron chi connectivity index (χ0n) is 14.0. The summed E-state index contributed by atoms with van der Waals surface area (Å²) >= 11 is 0. The summed E-state index contributed by atoms with van der Waals surface area (Å²) in [5, 5.41) is 6.24. The van der Waals surface area contributed by atoms with Gasteiger partial charge in [-0.3, -0.25) is 4.79 Å². The van der Waals surface area contributed by atoms with Crippen molar-refractivity contribution in [2.24, 2.45) is 0 Å². The number of rotatable bonds is 9. The highest BCUT2D eigenvalue weighted by Crippen LogP contribution is 1.99. The Morgan fingerprint density at radius 2 is 1.40 bits per heavy atom. The first-order chi connectivity index (χ1) is 9.10. The van der Waals surface area contributed by atoms with E-state index in [0.717, 1.165) is 6.54 Å². The van der Waals surface area contributed by atoms with Crippen molar-refractivity contribution in [3.05, 3.63) is 0 Å². The van der Waals surface area contributed by atoms with Crippen molar-refractivity contribution in [1.29, 1.82) is 0 Å². The van der Waals surface area contributed by atoms with Crippen LogP contribution in [0.2, 0.25) is 0 Å². The molecule has 0 bridgehead atoms. The van der Waals surface area contributed by atoms with Crippen LogP contribution in [0.3, 0.4) is 0 Å². The van der Waals surface area contributed by atoms with Crippen molar-refractivity contribution >= 4 is 5.91 Å². The molecular formula is C15H32N2O3. The molecule has 0 aromatic rings. The molecule has 0 unspecified atom stereocenters. The maximum absolute atomic E-state index is 11.5. The van der Waals surface area contributed by atoms with Crippen LogP contribution in [0.5, 0.6) is 0 Å². The second-order valence-corrected chi connectivity index (χ2v) is 6.95. The van der Waals surface area contributed by atoms with E-state index in [-0.39, 0.29) is 17.0 Å². The van der Waals surface area contributed by atoms with Gasteiger partial charge in [-0.2, -0.15) is 0 Å². The number of hydrogen-bond donors (Lipinski definition) is 2. The summed E-state index contributed by atoms with van der Waals surface area (Å²) < 4.78 is 10.8. The summed E-state index contributed by atoms with van der Waals surface area (Å²) in [4.78, 5) is 11.5. The molecule has 5 nitrogen and oxygen atoms in total. The van der Waals surface area contributed by atoms with Gasteiger partial charge in [-0.25, -0.2) is 0 Å². The van der Waals surface area contributed by atoms with Gasteiger partial charge in [-0.15, -0.1) is 0 Å². The van der Waals surface area contributed by atoms with Crippen LogP contribution in [0.15, 0.2) is 0 Å². The summed E-state index contributed by atoms with van der Waals surface area (Å²) in [6, 6.07) is 0. The molecule has 0 aliphatic carbocycles. The van der Waals surface area contributed by atoms with Gasteiger partial charge in [0.2, 0.25) is 5.91 Å². The fourth-order valence-electron chi connectivity index (χ4n) is 1.47. The van der Waals surface area contributed by atoms with Crippen molar-refractivity contribution in [1.82, 2.24) is 10.6 Å². The summed E-state index contributed by atoms with van der Waals surface area (Å²) in [5.74, 6) is 0.0211. The fourth-order valence-corrected chi connectivity index (χ4v) is 1.47. The third-order valence-electron chi connectivity index (χ3n) is 2.26. The van der Waals surface area contributed by atoms with Gasteiger partial charge in [-0.1, -0.05) is 0 Å². The molecule has 0 saturated heterocycles. The number of carbonyl (C=O) groups is 1. The molecule has 1 amide bonds. The average Bonchev–Trinajstić information content (AvgIpc) is 2.22. The maximum atomic E-state index is 11.5. The quantitative estimate of drug-likeness (QED) is 0.634. The molecule has 2 N–H and O–H groups in total. The van der Waals surface area contributed by atoms with Gasteiger partial charge in [0, 0.05) is 24.0 Å². The molecule has 0 aromatic heterocycles. The second-order valence-electron chi connectivity index (χ2n) is 6.95. The number of amides is 1. The zero-order chi connectivity index (χ0) is 15.6. The SMILES string of the molecule is CC(C)(C)NCCOCCOCCC(=O)NC(C)(C)C. The van der Waals surface area contributed by atoms with Gasteiger partial charge in [-0.05, 0) is 41.5 Å². The Morgan fingerprint density at radius 1 is 0.850 bits per heavy atom. The Labute approximate surface area is 123 Å². The van der Waals surface area contributed by atoms with E-state index in [0.29, 0.717) is 32.8 Å². The van der Waals surface area contributed by atoms with Gasteiger partial charge >= 0.3 is 0 Å². The molecule has 0 aromatic carbocycles. The third-order valence-corrected chi connectivity index (χ3v) is 2.26. The second kappa shape index (κ2) is 9.32. The lowest BCUT2D eigenvalue weighted by molar-refractivity contribution is -0.123. The Hall–Kier alpha value is -0.650. The van der Waals surface area contributed by atoms with Crippen molar-refractivity contribution in [3.8, 4) is 0 Å². The fraction of sp³-hybridized carbons (Fsp3) is 0.933. The highest BCUT2D eigenvalue weighted by atomic mass is 16.5. The first-order valence-electron chi connectivity index (χ1n) is 7.32. The van der Waals surface area contributed by atoms with Crippen molar-refractivity contribution in [2.75, 3.05) is 33.0 Å². The maximum Gasteiger partial charge on any atom is 0.222 e. The van der Waals surface area contributed by atoms with E-state index < -0.39 is 0 Å². The minimum absolute atomic E-state index is 0.0211. The lowest BCUT2D eigenvalue weighted by Gasteiger charge is -2.20. The van der Waals surface area contributed by atoms with E-state index in [2.05, 4.69) is 31.4 Å². The molecule has 0 aliphatic rings. The van der Waals surface area contributed by atoms with Gasteiger partial charge in [0.15, 0.2) is 0 Å². The van der Waals surface area contributed by atoms with Gasteiger partial charge in [0.1, 0.15) is 0 Å². The number of ether oxygens (including phenoxy) is 2. The van der Waals surface area contributed by atoms with Gasteiger partial charge < -0.3 is 20.1 Å². The Balaban J connectivity index is 3.31. The van der Waals surface area contributed by atoms with E-state index in [1.807, 2.05) is 20.8 Å². The standard InChI is InChI=1S/C15H32N2O3/c1-14(2,3)16-8-10-20-12-11-19-9-7-13(18)17-15(4,5)6/h16H,7-12H2,1-6H3,(H,17,18). The Morgan fingerprint density at radius 3 is 1.90 bits per heavy atom. The molecule has 0 heterocycles. The first-order valence-corrected chi connectivity index (χ1v) is 7.32. The number of nitrogens with one attached hydrogen (secondary N) is 2. The Bertz CT molecular complexity index is 267. The topological polar surface area (TPSA) is 59.6 Å². The van der Waals surface area contributed by atoms with Crippen LogP contribution in [0.25, 0.3) is 0 Å². The molecule has 0 aliphatic heterocycles. The summed E-state index contributed by atoms with van der Waals surface area (Å²) in [7, 11) is 0. The van der Waals surface area contributed by atoms with E-state index in [4.69, 9.17) is 9.47 Å². The van der Waals surface area contributed by atoms with E-state index >= 15 is 0 Å². The van der Waals surface area contributed by atoms with Crippen LogP contribution in [0.1, 0.15) is 48.0 Å². The molecule has 5 heteroatoms. The third kappa shape index (κ3) is 15.4. The lowest BCUT2D eigenvalue weighted by Crippen LogP contribution is -2.40. The van der Waals surface area contributed by atoms with E-state index in [9.17, 15) is 4.79 Å². The van der Waals surface area contributed by atoms with Crippen LogP contribution in [0.4, 0.5) is 0 Å². The molecule has 0 radical (unpaired) electrons. The van der Waals surface area contributed by atoms with Crippen molar-refractivity contribution in [3.63, 3.8) is 0 Å². The monoisotopic (exact) mass is 288 g/mol. The number of hydrogen-bond acceptors (Lipinski definition) is 4. The zero-order valence-corrected chi connectivity index (χ0v) is 14.0. The highest BCUT2D eigenvalue weighted by Gasteiger charge is 2.12. The normalized spacial score (nSPS) is 12.5. The van der Waals surface area contributed by atoms with Crippen LogP contribution >= 0.6 is 0 Å². The molecule has 0 saturated carbocycles. The smallest absolute Gasteiger partial charge is 0.222 e. The largest absolute Gasteiger partial charge is 0.379 e. The predicted molar refractivity (Wildman–Crippen MR) is 81.9 cm³/mol. The molecule has 20 heavy (non-hydrogen) atoms. The van der Waals surface area contributed by atoms with Crippen molar-refractivity contribution < 1.29 is 14.3 Å². The molecular weight excluding hydrogens is 256 g/mol. The minimum Gasteiger partial charge on any atom is -0.379 e. The highest BCUT2D eigenvalue weighted by molar-refractivity contribution is 5.76. The molecule has 0 rings (SSSR count). The molecule has 0 fully saturated rings. The first kappa shape index (κ1) is 19.4. The summed E-state index contributed by atoms with van der Waals surface area (Å²) in [6.07, 6.45) is 0.392. The van der Waals surface area contributed by atoms with Crippen LogP contribution in [0, 0.1) is 0 Å². The van der Waals surface area contributed by atoms with Gasteiger partial charge in [0.25, 0.3) is 0 Å². The number of carbonyl (C=O) groups excluding carboxylic acids is 1. The summed E-state index contributed by atoms with van der Waals surface area (Å²) in [5.41, 5.74) is -0.0550. The summed E-state index contributed by atoms with van der Waals surface area (Å²) in [6.45, 7) is 15.3. The Kier molecular flexibility index (Phi) is 9.01. The molecule has 0 spiro atoms. The van der Waals surface area contributed by atoms with Crippen molar-refractivity contribution in [2.45, 2.75) is 59.0 Å². The predicted octanol–water partition coefficient (Wildman–Crippen LogP) is 1.71. The minimum atomic E-state index is -0.180. The molecule has 0 atom stereocenters. The van der Waals surface area contributed by atoms with E-state index in [1.165, 1.54) is 0 Å². The van der Waals surface area contributed by atoms with Crippen LogP contribution in [-0.4, -0.2) is 50.0 Å². The van der Waals surface area contributed by atoms with Crippen LogP contribution < -0.4 is 10.6 Å². The van der Waals surface area contributed by atoms with Gasteiger partial charge in [0.05, 0.1) is 26.4 Å². The average molecular weight is 288 g/mol. The lowest BCUT2D eigenvalue weighted by atomic mass is 10.1.